The normalized spacial score (nSPS) is 39.2. The van der Waals surface area contributed by atoms with Crippen LogP contribution in [0.1, 0.15) is 85.0 Å². The molecule has 4 rings (SSSR count). The van der Waals surface area contributed by atoms with Crippen LogP contribution in [0.3, 0.4) is 0 Å². The molecule has 0 aromatic rings. The van der Waals surface area contributed by atoms with Crippen LogP contribution in [0.2, 0.25) is 0 Å². The number of hydrogen-bond acceptors (Lipinski definition) is 12. The van der Waals surface area contributed by atoms with Gasteiger partial charge in [-0.2, -0.15) is 0 Å². The largest absolute Gasteiger partial charge is 1.00 e. The molecule has 0 unspecified atom stereocenters. The second-order valence-electron chi connectivity index (χ2n) is 13.2. The second-order valence-corrected chi connectivity index (χ2v) is 16.2. The monoisotopic (exact) mass is 710 g/mol. The van der Waals surface area contributed by atoms with Crippen LogP contribution in [0.15, 0.2) is 12.7 Å². The molecule has 0 N–H and O–H groups in total. The molecule has 4 saturated carbocycles. The summed E-state index contributed by atoms with van der Waals surface area (Å²) >= 11 is 0. The summed E-state index contributed by atoms with van der Waals surface area (Å²) < 4.78 is 119. The molecule has 0 heterocycles. The van der Waals surface area contributed by atoms with E-state index in [2.05, 4.69) is 24.6 Å². The first kappa shape index (κ1) is 44.4. The van der Waals surface area contributed by atoms with E-state index in [1.54, 1.807) is 0 Å². The summed E-state index contributed by atoms with van der Waals surface area (Å²) in [5.74, 6) is 0.235. The number of allylic oxidation sites excluding steroid dienone is 1. The molecule has 0 bridgehead atoms. The van der Waals surface area contributed by atoms with Crippen molar-refractivity contribution in [2.45, 2.75) is 103 Å². The molecule has 0 saturated heterocycles. The minimum absolute atomic E-state index is 0. The van der Waals surface area contributed by atoms with Gasteiger partial charge in [-0.25, -0.2) is 25.3 Å². The van der Waals surface area contributed by atoms with E-state index in [1.165, 1.54) is 0 Å². The molecule has 18 heteroatoms. The van der Waals surface area contributed by atoms with E-state index < -0.39 is 60.8 Å². The number of hydrogen-bond donors (Lipinski definition) is 0. The Hall–Kier alpha value is 2.35. The maximum Gasteiger partial charge on any atom is 1.00 e. The fourth-order valence-corrected chi connectivity index (χ4v) is 11.3. The minimum Gasteiger partial charge on any atom is -0.726 e. The van der Waals surface area contributed by atoms with Crippen LogP contribution in [0, 0.1) is 46.3 Å². The van der Waals surface area contributed by atoms with Crippen LogP contribution < -0.4 is 88.7 Å². The van der Waals surface area contributed by atoms with Gasteiger partial charge in [-0.3, -0.25) is 12.5 Å². The van der Waals surface area contributed by atoms with Crippen molar-refractivity contribution >= 4 is 31.2 Å². The third-order valence-corrected chi connectivity index (χ3v) is 12.6. The molecule has 12 nitrogen and oxygen atoms in total. The Bertz CT molecular complexity index is 1310. The van der Waals surface area contributed by atoms with Gasteiger partial charge in [0.1, 0.15) is 12.2 Å². The van der Waals surface area contributed by atoms with Crippen molar-refractivity contribution in [2.75, 3.05) is 0 Å². The summed E-state index contributed by atoms with van der Waals surface area (Å²) in [6.45, 7) is 10.2. The summed E-state index contributed by atoms with van der Waals surface area (Å²) in [6.07, 6.45) is 3.87. The zero-order valence-corrected chi connectivity index (χ0v) is 35.1. The molecule has 0 radical (unpaired) electrons. The molecule has 0 aliphatic heterocycles. The van der Waals surface area contributed by atoms with Crippen molar-refractivity contribution in [3.8, 4) is 0 Å². The maximum absolute atomic E-state index is 11.9. The minimum atomic E-state index is -5.34. The standard InChI is InChI=1S/C26H44O12S3.3Na/c1-5-6-7-8-16(2)18-9-10-19-17-13-22(36-39(27,28)29)21-14-23(37-40(30,31)32)24(38-41(33,34)35)15-26(21,4)20(17)11-12-25(18,19)3;;;/h5,16-24H,1,6-15H2,2-4H3,(H,27,28,29)(H,30,31,32)(H,33,34,35);;;/q;3*+1/p-3/t16-,17+,18-,19+,20+,21-,22+,23+,24+,25-,26-;;;/m1.../s1. The molecule has 0 amide bonds. The van der Waals surface area contributed by atoms with E-state index in [4.69, 9.17) is 8.37 Å². The predicted molar refractivity (Wildman–Crippen MR) is 143 cm³/mol. The molecule has 238 valence electrons. The van der Waals surface area contributed by atoms with E-state index in [0.29, 0.717) is 11.8 Å². The summed E-state index contributed by atoms with van der Waals surface area (Å²) in [5.41, 5.74) is -0.917. The van der Waals surface area contributed by atoms with Crippen LogP contribution in [-0.4, -0.2) is 57.2 Å². The second kappa shape index (κ2) is 16.6. The van der Waals surface area contributed by atoms with Crippen molar-refractivity contribution in [1.82, 2.24) is 0 Å². The fraction of sp³-hybridized carbons (Fsp3) is 0.923. The summed E-state index contributed by atoms with van der Waals surface area (Å²) in [5, 5.41) is 0. The van der Waals surface area contributed by atoms with Gasteiger partial charge < -0.3 is 13.7 Å². The van der Waals surface area contributed by atoms with E-state index in [0.717, 1.165) is 44.9 Å². The van der Waals surface area contributed by atoms with E-state index in [9.17, 15) is 38.9 Å². The number of rotatable bonds is 11. The van der Waals surface area contributed by atoms with Gasteiger partial charge in [-0.15, -0.1) is 6.58 Å². The summed E-state index contributed by atoms with van der Waals surface area (Å²) in [7, 11) is -15.8. The smallest absolute Gasteiger partial charge is 0.726 e. The molecule has 11 atom stereocenters. The summed E-state index contributed by atoms with van der Waals surface area (Å²) in [4.78, 5) is 0. The molecule has 0 spiro atoms. The zero-order chi connectivity index (χ0) is 30.6. The van der Waals surface area contributed by atoms with Gasteiger partial charge in [0.2, 0.25) is 31.2 Å². The molecular formula is C26H41Na3O12S3. The average molecular weight is 711 g/mol. The average Bonchev–Trinajstić information content (AvgIpc) is 3.15. The van der Waals surface area contributed by atoms with Gasteiger partial charge in [-0.1, -0.05) is 33.3 Å². The SMILES string of the molecule is C=CCCC[C@@H](C)[C@H]1CC[C@H]2[C@@H]3C[C@H](OS(=O)(=O)[O-])[C@H]4C[C@H](OS(=O)(=O)[O-])[C@@H](OS(=O)(=O)[O-])C[C@]4(C)[C@H]3CC[C@]12C.[Na+].[Na+].[Na+]. The third-order valence-electron chi connectivity index (χ3n) is 11.2. The first-order valence-electron chi connectivity index (χ1n) is 14.3. The van der Waals surface area contributed by atoms with Crippen LogP contribution in [0.5, 0.6) is 0 Å². The van der Waals surface area contributed by atoms with Crippen molar-refractivity contribution < 1.29 is 140 Å². The van der Waals surface area contributed by atoms with Crippen LogP contribution in [-0.2, 0) is 43.7 Å². The van der Waals surface area contributed by atoms with Gasteiger partial charge in [0.25, 0.3) is 0 Å². The molecule has 0 aromatic heterocycles. The van der Waals surface area contributed by atoms with Crippen LogP contribution >= 0.6 is 0 Å². The zero-order valence-electron chi connectivity index (χ0n) is 26.7. The van der Waals surface area contributed by atoms with Crippen LogP contribution in [0.25, 0.3) is 0 Å². The fourth-order valence-electron chi connectivity index (χ4n) is 9.78. The van der Waals surface area contributed by atoms with Gasteiger partial charge >= 0.3 is 88.7 Å². The molecule has 4 aliphatic rings. The van der Waals surface area contributed by atoms with Gasteiger partial charge in [0, 0.05) is 0 Å². The first-order valence-corrected chi connectivity index (χ1v) is 18.3. The van der Waals surface area contributed by atoms with Crippen molar-refractivity contribution in [2.24, 2.45) is 46.3 Å². The number of unbranched alkanes of at least 4 members (excludes halogenated alkanes) is 1. The van der Waals surface area contributed by atoms with E-state index in [-0.39, 0.29) is 131 Å². The Morgan fingerprint density at radius 1 is 0.773 bits per heavy atom. The maximum atomic E-state index is 11.9. The Kier molecular flexibility index (Phi) is 16.7. The summed E-state index contributed by atoms with van der Waals surface area (Å²) in [6, 6.07) is 0. The predicted octanol–water partition coefficient (Wildman–Crippen LogP) is -5.59. The Labute approximate surface area is 329 Å². The Morgan fingerprint density at radius 3 is 1.84 bits per heavy atom. The Balaban J connectivity index is 0.00000323. The van der Waals surface area contributed by atoms with Crippen molar-refractivity contribution in [1.29, 1.82) is 0 Å². The van der Waals surface area contributed by atoms with Crippen LogP contribution in [0.4, 0.5) is 0 Å². The molecule has 4 fully saturated rings. The molecule has 0 aromatic carbocycles. The van der Waals surface area contributed by atoms with Crippen molar-refractivity contribution in [3.05, 3.63) is 12.7 Å². The third kappa shape index (κ3) is 10.2. The molecule has 44 heavy (non-hydrogen) atoms. The van der Waals surface area contributed by atoms with E-state index in [1.807, 2.05) is 13.0 Å². The Morgan fingerprint density at radius 2 is 1.30 bits per heavy atom. The number of fused-ring (bicyclic) bond motifs is 5. The topological polar surface area (TPSA) is 199 Å². The first-order chi connectivity index (χ1) is 18.8. The van der Waals surface area contributed by atoms with Gasteiger partial charge in [0.15, 0.2) is 0 Å². The van der Waals surface area contributed by atoms with E-state index >= 15 is 0 Å². The molecular weight excluding hydrogens is 669 g/mol. The van der Waals surface area contributed by atoms with Gasteiger partial charge in [0.05, 0.1) is 6.10 Å². The van der Waals surface area contributed by atoms with Gasteiger partial charge in [-0.05, 0) is 104 Å². The van der Waals surface area contributed by atoms with Crippen molar-refractivity contribution in [3.63, 3.8) is 0 Å². The molecule has 4 aliphatic carbocycles. The quantitative estimate of drug-likeness (QED) is 0.0649.